The first-order valence-electron chi connectivity index (χ1n) is 6.90. The van der Waals surface area contributed by atoms with Gasteiger partial charge < -0.3 is 25.8 Å². The number of nitrogens with two attached hydrogens (primary N) is 1. The zero-order valence-electron chi connectivity index (χ0n) is 11.7. The van der Waals surface area contributed by atoms with Crippen LogP contribution in [0.1, 0.15) is 18.5 Å². The number of carbonyl (C=O) groups excluding carboxylic acids is 1. The first-order valence-corrected chi connectivity index (χ1v) is 6.90. The topological polar surface area (TPSA) is 113 Å². The fraction of sp³-hybridized carbons (Fsp3) is 0.429. The van der Waals surface area contributed by atoms with E-state index in [1.165, 1.54) is 0 Å². The number of H-pyrrole nitrogens is 2. The normalized spacial score (nSPS) is 23.3. The van der Waals surface area contributed by atoms with Crippen LogP contribution in [0.4, 0.5) is 0 Å². The van der Waals surface area contributed by atoms with Crippen molar-refractivity contribution in [2.75, 3.05) is 13.2 Å². The van der Waals surface area contributed by atoms with Gasteiger partial charge >= 0.3 is 5.69 Å². The Kier molecular flexibility index (Phi) is 3.52. The molecule has 1 amide bonds. The molecule has 7 heteroatoms. The molecule has 0 saturated carbocycles. The summed E-state index contributed by atoms with van der Waals surface area (Å²) in [5.74, 6) is -0.404. The van der Waals surface area contributed by atoms with Crippen LogP contribution >= 0.6 is 0 Å². The molecular formula is C14H18N4O3. The molecule has 1 aliphatic rings. The molecule has 1 aliphatic heterocycles. The minimum atomic E-state index is -0.303. The number of carbonyl (C=O) groups is 1. The summed E-state index contributed by atoms with van der Waals surface area (Å²) in [6, 6.07) is 5.12. The van der Waals surface area contributed by atoms with Crippen molar-refractivity contribution in [3.63, 3.8) is 0 Å². The molecule has 0 radical (unpaired) electrons. The van der Waals surface area contributed by atoms with Crippen molar-refractivity contribution in [2.24, 2.45) is 11.7 Å². The van der Waals surface area contributed by atoms with E-state index >= 15 is 0 Å². The fourth-order valence-corrected chi connectivity index (χ4v) is 2.56. The number of aromatic nitrogens is 2. The third-order valence-corrected chi connectivity index (χ3v) is 3.86. The number of amides is 1. The van der Waals surface area contributed by atoms with Crippen LogP contribution in [0.25, 0.3) is 11.0 Å². The quantitative estimate of drug-likeness (QED) is 0.637. The smallest absolute Gasteiger partial charge is 0.323 e. The van der Waals surface area contributed by atoms with Crippen LogP contribution in [-0.2, 0) is 9.53 Å². The van der Waals surface area contributed by atoms with Crippen molar-refractivity contribution in [1.82, 2.24) is 15.3 Å². The van der Waals surface area contributed by atoms with Gasteiger partial charge in [0.05, 0.1) is 36.2 Å². The van der Waals surface area contributed by atoms with Crippen LogP contribution in [0.2, 0.25) is 0 Å². The van der Waals surface area contributed by atoms with E-state index in [-0.39, 0.29) is 29.6 Å². The van der Waals surface area contributed by atoms with Crippen LogP contribution in [0.15, 0.2) is 23.0 Å². The van der Waals surface area contributed by atoms with E-state index in [1.54, 1.807) is 0 Å². The van der Waals surface area contributed by atoms with Gasteiger partial charge in [0.15, 0.2) is 0 Å². The lowest BCUT2D eigenvalue weighted by molar-refractivity contribution is -0.125. The van der Waals surface area contributed by atoms with Gasteiger partial charge in [-0.2, -0.15) is 0 Å². The van der Waals surface area contributed by atoms with E-state index in [2.05, 4.69) is 15.3 Å². The largest absolute Gasteiger partial charge is 0.379 e. The molecule has 112 valence electrons. The van der Waals surface area contributed by atoms with Crippen LogP contribution in [0.3, 0.4) is 0 Å². The number of hydrogen-bond acceptors (Lipinski definition) is 4. The van der Waals surface area contributed by atoms with Gasteiger partial charge in [0, 0.05) is 6.04 Å². The van der Waals surface area contributed by atoms with Crippen molar-refractivity contribution in [3.8, 4) is 0 Å². The molecule has 7 nitrogen and oxygen atoms in total. The highest BCUT2D eigenvalue weighted by atomic mass is 16.5. The summed E-state index contributed by atoms with van der Waals surface area (Å²) < 4.78 is 5.21. The number of nitrogens with one attached hydrogen (secondary N) is 3. The van der Waals surface area contributed by atoms with E-state index in [0.29, 0.717) is 13.2 Å². The lowest BCUT2D eigenvalue weighted by Crippen LogP contribution is -2.41. The van der Waals surface area contributed by atoms with Crippen molar-refractivity contribution in [3.05, 3.63) is 34.2 Å². The molecule has 1 fully saturated rings. The van der Waals surface area contributed by atoms with Crippen molar-refractivity contribution < 1.29 is 9.53 Å². The average Bonchev–Trinajstić information content (AvgIpc) is 3.02. The predicted molar refractivity (Wildman–Crippen MR) is 77.8 cm³/mol. The number of imidazole rings is 1. The summed E-state index contributed by atoms with van der Waals surface area (Å²) >= 11 is 0. The molecule has 1 aromatic carbocycles. The molecule has 21 heavy (non-hydrogen) atoms. The van der Waals surface area contributed by atoms with E-state index in [9.17, 15) is 9.59 Å². The molecule has 3 atom stereocenters. The van der Waals surface area contributed by atoms with Crippen molar-refractivity contribution >= 4 is 16.9 Å². The average molecular weight is 290 g/mol. The second-order valence-corrected chi connectivity index (χ2v) is 5.42. The van der Waals surface area contributed by atoms with Crippen molar-refractivity contribution in [2.45, 2.75) is 19.0 Å². The summed E-state index contributed by atoms with van der Waals surface area (Å²) in [6.07, 6.45) is 0. The SMILES string of the molecule is CC(NC(=O)C1COCC1N)c1ccc2[nH]c(=O)[nH]c2c1. The fourth-order valence-electron chi connectivity index (χ4n) is 2.56. The third kappa shape index (κ3) is 2.70. The van der Waals surface area contributed by atoms with E-state index < -0.39 is 0 Å². The molecule has 2 heterocycles. The number of fused-ring (bicyclic) bond motifs is 1. The summed E-state index contributed by atoms with van der Waals surface area (Å²) in [4.78, 5) is 28.8. The summed E-state index contributed by atoms with van der Waals surface area (Å²) in [6.45, 7) is 2.68. The maximum atomic E-state index is 12.2. The summed E-state index contributed by atoms with van der Waals surface area (Å²) in [5.41, 5.74) is 7.98. The molecule has 0 aliphatic carbocycles. The second-order valence-electron chi connectivity index (χ2n) is 5.42. The molecular weight excluding hydrogens is 272 g/mol. The van der Waals surface area contributed by atoms with Gasteiger partial charge in [-0.05, 0) is 24.6 Å². The molecule has 1 aromatic heterocycles. The third-order valence-electron chi connectivity index (χ3n) is 3.86. The summed E-state index contributed by atoms with van der Waals surface area (Å²) in [7, 11) is 0. The highest BCUT2D eigenvalue weighted by molar-refractivity contribution is 5.81. The van der Waals surface area contributed by atoms with E-state index in [4.69, 9.17) is 10.5 Å². The molecule has 0 spiro atoms. The lowest BCUT2D eigenvalue weighted by atomic mass is 10.0. The van der Waals surface area contributed by atoms with E-state index in [0.717, 1.165) is 16.6 Å². The van der Waals surface area contributed by atoms with Crippen LogP contribution in [0.5, 0.6) is 0 Å². The predicted octanol–water partition coefficient (Wildman–Crippen LogP) is 0.00710. The molecule has 3 rings (SSSR count). The zero-order valence-corrected chi connectivity index (χ0v) is 11.7. The Bertz CT molecular complexity index is 720. The molecule has 2 aromatic rings. The van der Waals surface area contributed by atoms with Gasteiger partial charge in [0.25, 0.3) is 0 Å². The van der Waals surface area contributed by atoms with Gasteiger partial charge in [-0.1, -0.05) is 6.07 Å². The summed E-state index contributed by atoms with van der Waals surface area (Å²) in [5, 5.41) is 2.94. The van der Waals surface area contributed by atoms with Crippen molar-refractivity contribution in [1.29, 1.82) is 0 Å². The number of ether oxygens (including phenoxy) is 1. The zero-order chi connectivity index (χ0) is 15.0. The Hall–Kier alpha value is -2.12. The molecule has 1 saturated heterocycles. The number of rotatable bonds is 3. The van der Waals surface area contributed by atoms with Gasteiger partial charge in [-0.3, -0.25) is 4.79 Å². The number of aromatic amines is 2. The Labute approximate surface area is 120 Å². The van der Waals surface area contributed by atoms with Gasteiger partial charge in [-0.25, -0.2) is 4.79 Å². The molecule has 0 bridgehead atoms. The van der Waals surface area contributed by atoms with Gasteiger partial charge in [0.2, 0.25) is 5.91 Å². The Morgan fingerprint density at radius 3 is 2.86 bits per heavy atom. The monoisotopic (exact) mass is 290 g/mol. The first-order chi connectivity index (χ1) is 10.0. The maximum absolute atomic E-state index is 12.2. The number of hydrogen-bond donors (Lipinski definition) is 4. The van der Waals surface area contributed by atoms with E-state index in [1.807, 2.05) is 25.1 Å². The van der Waals surface area contributed by atoms with Gasteiger partial charge in [-0.15, -0.1) is 0 Å². The maximum Gasteiger partial charge on any atom is 0.323 e. The van der Waals surface area contributed by atoms with Crippen LogP contribution < -0.4 is 16.7 Å². The minimum absolute atomic E-state index is 0.102. The molecule has 3 unspecified atom stereocenters. The van der Waals surface area contributed by atoms with Gasteiger partial charge in [0.1, 0.15) is 0 Å². The van der Waals surface area contributed by atoms with Crippen LogP contribution in [-0.4, -0.2) is 35.1 Å². The number of benzene rings is 1. The lowest BCUT2D eigenvalue weighted by Gasteiger charge is -2.18. The second kappa shape index (κ2) is 5.34. The Balaban J connectivity index is 1.75. The Morgan fingerprint density at radius 1 is 1.38 bits per heavy atom. The Morgan fingerprint density at radius 2 is 2.14 bits per heavy atom. The first kappa shape index (κ1) is 13.8. The highest BCUT2D eigenvalue weighted by Gasteiger charge is 2.31. The standard InChI is InChI=1S/C14H18N4O3/c1-7(16-13(19)9-5-21-6-10(9)15)8-2-3-11-12(4-8)18-14(20)17-11/h2-4,7,9-10H,5-6,15H2,1H3,(H,16,19)(H2,17,18,20). The highest BCUT2D eigenvalue weighted by Crippen LogP contribution is 2.19. The van der Waals surface area contributed by atoms with Crippen LogP contribution in [0, 0.1) is 5.92 Å². The minimum Gasteiger partial charge on any atom is -0.379 e. The molecule has 5 N–H and O–H groups in total.